The van der Waals surface area contributed by atoms with E-state index in [-0.39, 0.29) is 5.97 Å². The fourth-order valence-electron chi connectivity index (χ4n) is 2.22. The summed E-state index contributed by atoms with van der Waals surface area (Å²) in [6.45, 7) is 4.29. The van der Waals surface area contributed by atoms with E-state index in [2.05, 4.69) is 10.3 Å². The van der Waals surface area contributed by atoms with E-state index in [9.17, 15) is 4.79 Å². The fraction of sp³-hybridized carbons (Fsp3) is 0.733. The molecule has 2 rings (SSSR count). The Kier molecular flexibility index (Phi) is 6.51. The summed E-state index contributed by atoms with van der Waals surface area (Å²) in [6, 6.07) is 0.504. The number of thioether (sulfide) groups is 1. The molecule has 1 aliphatic carbocycles. The molecule has 1 aromatic heterocycles. The molecule has 0 aliphatic heterocycles. The minimum Gasteiger partial charge on any atom is -0.465 e. The number of aromatic nitrogens is 1. The van der Waals surface area contributed by atoms with Crippen molar-refractivity contribution in [2.45, 2.75) is 61.9 Å². The maximum absolute atomic E-state index is 12.2. The summed E-state index contributed by atoms with van der Waals surface area (Å²) in [7, 11) is 0. The van der Waals surface area contributed by atoms with Crippen molar-refractivity contribution in [2.75, 3.05) is 12.4 Å². The Hall–Kier alpha value is -0.590. The third kappa shape index (κ3) is 5.60. The van der Waals surface area contributed by atoms with Crippen LogP contribution >= 0.6 is 23.1 Å². The molecule has 0 aromatic carbocycles. The Bertz CT molecular complexity index is 435. The van der Waals surface area contributed by atoms with E-state index in [1.54, 1.807) is 23.1 Å². The molecule has 6 heteroatoms. The number of unbranched alkanes of at least 4 members (excludes halogenated alkanes) is 1. The first-order valence-electron chi connectivity index (χ1n) is 7.61. The van der Waals surface area contributed by atoms with E-state index in [1.807, 2.05) is 25.4 Å². The standard InChI is InChI=1S/C15H24N2O2S2/c1-3-19-13(18)15(2,17-12-6-7-12)8-4-5-10-20-14-16-9-11-21-14/h9,11-12,17H,3-8,10H2,1-2H3. The molecule has 0 saturated heterocycles. The first kappa shape index (κ1) is 16.8. The van der Waals surface area contributed by atoms with E-state index < -0.39 is 5.54 Å². The van der Waals surface area contributed by atoms with E-state index in [0.29, 0.717) is 12.6 Å². The molecule has 1 fully saturated rings. The van der Waals surface area contributed by atoms with Gasteiger partial charge < -0.3 is 4.74 Å². The quantitative estimate of drug-likeness (QED) is 0.405. The van der Waals surface area contributed by atoms with Crippen molar-refractivity contribution >= 4 is 29.1 Å². The lowest BCUT2D eigenvalue weighted by Gasteiger charge is -2.28. The van der Waals surface area contributed by atoms with Gasteiger partial charge in [0.15, 0.2) is 0 Å². The summed E-state index contributed by atoms with van der Waals surface area (Å²) in [6.07, 6.45) is 7.13. The van der Waals surface area contributed by atoms with E-state index in [1.165, 1.54) is 12.8 Å². The van der Waals surface area contributed by atoms with Crippen LogP contribution in [0.5, 0.6) is 0 Å². The number of hydrogen-bond donors (Lipinski definition) is 1. The first-order chi connectivity index (χ1) is 10.1. The van der Waals surface area contributed by atoms with Gasteiger partial charge in [0.25, 0.3) is 0 Å². The van der Waals surface area contributed by atoms with Crippen LogP contribution in [-0.2, 0) is 9.53 Å². The molecule has 1 unspecified atom stereocenters. The molecule has 0 amide bonds. The number of nitrogens with one attached hydrogen (secondary N) is 1. The largest absolute Gasteiger partial charge is 0.465 e. The SMILES string of the molecule is CCOC(=O)C(C)(CCCCSc1nccs1)NC1CC1. The molecule has 1 atom stereocenters. The number of hydrogen-bond acceptors (Lipinski definition) is 6. The van der Waals surface area contributed by atoms with Crippen LogP contribution in [-0.4, -0.2) is 34.9 Å². The summed E-state index contributed by atoms with van der Waals surface area (Å²) >= 11 is 3.47. The molecular formula is C15H24N2O2S2. The van der Waals surface area contributed by atoms with Crippen molar-refractivity contribution in [1.82, 2.24) is 10.3 Å². The molecule has 0 spiro atoms. The average molecular weight is 329 g/mol. The topological polar surface area (TPSA) is 51.2 Å². The number of carbonyl (C=O) groups is 1. The second-order valence-corrected chi connectivity index (χ2v) is 7.81. The molecule has 21 heavy (non-hydrogen) atoms. The number of carbonyl (C=O) groups excluding carboxylic acids is 1. The summed E-state index contributed by atoms with van der Waals surface area (Å²) in [5, 5.41) is 5.46. The first-order valence-corrected chi connectivity index (χ1v) is 9.48. The number of esters is 1. The van der Waals surface area contributed by atoms with E-state index in [0.717, 1.165) is 29.4 Å². The summed E-state index contributed by atoms with van der Waals surface area (Å²) in [5.74, 6) is 0.944. The number of ether oxygens (including phenoxy) is 1. The van der Waals surface area contributed by atoms with E-state index in [4.69, 9.17) is 4.74 Å². The molecule has 0 radical (unpaired) electrons. The van der Waals surface area contributed by atoms with Crippen LogP contribution in [0.3, 0.4) is 0 Å². The molecular weight excluding hydrogens is 304 g/mol. The minimum atomic E-state index is -0.525. The van der Waals surface area contributed by atoms with Crippen molar-refractivity contribution in [3.05, 3.63) is 11.6 Å². The average Bonchev–Trinajstić information content (AvgIpc) is 3.11. The van der Waals surface area contributed by atoms with Gasteiger partial charge in [0, 0.05) is 23.4 Å². The van der Waals surface area contributed by atoms with Crippen LogP contribution in [0.2, 0.25) is 0 Å². The Morgan fingerprint density at radius 3 is 3.00 bits per heavy atom. The third-order valence-corrected chi connectivity index (χ3v) is 5.58. The Morgan fingerprint density at radius 2 is 2.38 bits per heavy atom. The van der Waals surface area contributed by atoms with Crippen LogP contribution in [0.1, 0.15) is 46.0 Å². The van der Waals surface area contributed by atoms with Crippen LogP contribution in [0.15, 0.2) is 15.9 Å². The van der Waals surface area contributed by atoms with Gasteiger partial charge in [-0.1, -0.05) is 18.2 Å². The molecule has 1 heterocycles. The minimum absolute atomic E-state index is 0.107. The second-order valence-electron chi connectivity index (χ2n) is 5.57. The van der Waals surface area contributed by atoms with Gasteiger partial charge in [-0.25, -0.2) is 4.98 Å². The van der Waals surface area contributed by atoms with Crippen LogP contribution in [0, 0.1) is 0 Å². The van der Waals surface area contributed by atoms with Crippen molar-refractivity contribution in [2.24, 2.45) is 0 Å². The molecule has 4 nitrogen and oxygen atoms in total. The highest BCUT2D eigenvalue weighted by Gasteiger charge is 2.38. The van der Waals surface area contributed by atoms with Crippen molar-refractivity contribution in [1.29, 1.82) is 0 Å². The van der Waals surface area contributed by atoms with Crippen molar-refractivity contribution < 1.29 is 9.53 Å². The highest BCUT2D eigenvalue weighted by atomic mass is 32.2. The highest BCUT2D eigenvalue weighted by Crippen LogP contribution is 2.27. The van der Waals surface area contributed by atoms with Gasteiger partial charge in [-0.05, 0) is 39.5 Å². The number of nitrogens with zero attached hydrogens (tertiary/aromatic N) is 1. The third-order valence-electron chi connectivity index (χ3n) is 3.53. The lowest BCUT2D eigenvalue weighted by Crippen LogP contribution is -2.51. The molecule has 1 aliphatic rings. The van der Waals surface area contributed by atoms with Crippen LogP contribution in [0.25, 0.3) is 0 Å². The van der Waals surface area contributed by atoms with Gasteiger partial charge in [-0.15, -0.1) is 11.3 Å². The highest BCUT2D eigenvalue weighted by molar-refractivity contribution is 8.00. The van der Waals surface area contributed by atoms with Gasteiger partial charge in [0.1, 0.15) is 9.88 Å². The number of rotatable bonds is 10. The van der Waals surface area contributed by atoms with Crippen molar-refractivity contribution in [3.8, 4) is 0 Å². The maximum atomic E-state index is 12.2. The fourth-order valence-corrected chi connectivity index (χ4v) is 3.93. The van der Waals surface area contributed by atoms with Gasteiger partial charge in [0.05, 0.1) is 6.61 Å². The zero-order valence-corrected chi connectivity index (χ0v) is 14.4. The summed E-state index contributed by atoms with van der Waals surface area (Å²) in [4.78, 5) is 16.4. The smallest absolute Gasteiger partial charge is 0.326 e. The maximum Gasteiger partial charge on any atom is 0.326 e. The normalized spacial score (nSPS) is 17.4. The molecule has 1 saturated carbocycles. The van der Waals surface area contributed by atoms with Gasteiger partial charge >= 0.3 is 5.97 Å². The molecule has 1 aromatic rings. The van der Waals surface area contributed by atoms with Crippen LogP contribution in [0.4, 0.5) is 0 Å². The monoisotopic (exact) mass is 328 g/mol. The Balaban J connectivity index is 1.71. The Labute approximate surface area is 135 Å². The lowest BCUT2D eigenvalue weighted by atomic mass is 9.94. The zero-order valence-electron chi connectivity index (χ0n) is 12.8. The molecule has 0 bridgehead atoms. The van der Waals surface area contributed by atoms with Gasteiger partial charge in [-0.3, -0.25) is 10.1 Å². The molecule has 1 N–H and O–H groups in total. The molecule has 118 valence electrons. The zero-order chi connectivity index (χ0) is 15.1. The van der Waals surface area contributed by atoms with Crippen molar-refractivity contribution in [3.63, 3.8) is 0 Å². The van der Waals surface area contributed by atoms with Gasteiger partial charge in [-0.2, -0.15) is 0 Å². The van der Waals surface area contributed by atoms with Crippen LogP contribution < -0.4 is 5.32 Å². The van der Waals surface area contributed by atoms with E-state index >= 15 is 0 Å². The summed E-state index contributed by atoms with van der Waals surface area (Å²) < 4.78 is 6.36. The predicted molar refractivity (Wildman–Crippen MR) is 87.9 cm³/mol. The predicted octanol–water partition coefficient (Wildman–Crippen LogP) is 3.48. The lowest BCUT2D eigenvalue weighted by molar-refractivity contribution is -0.151. The number of thiazole rings is 1. The van der Waals surface area contributed by atoms with Gasteiger partial charge in [0.2, 0.25) is 0 Å². The summed E-state index contributed by atoms with van der Waals surface area (Å²) in [5.41, 5.74) is -0.525. The second kappa shape index (κ2) is 8.15. The Morgan fingerprint density at radius 1 is 1.57 bits per heavy atom.